The van der Waals surface area contributed by atoms with Gasteiger partial charge >= 0.3 is 5.97 Å². The number of hydrogen-bond donors (Lipinski definition) is 0. The van der Waals surface area contributed by atoms with Gasteiger partial charge in [0, 0.05) is 17.7 Å². The maximum atomic E-state index is 12.1. The Hall–Kier alpha value is -3.68. The molecular weight excluding hydrogens is 364 g/mol. The number of non-ortho nitro benzene ring substituents is 1. The Bertz CT molecular complexity index is 963. The number of cyclic esters (lactones) is 1. The monoisotopic (exact) mass is 382 g/mol. The zero-order chi connectivity index (χ0) is 20.1. The number of rotatable bonds is 7. The second kappa shape index (κ2) is 8.34. The second-order valence-electron chi connectivity index (χ2n) is 5.90. The van der Waals surface area contributed by atoms with Crippen LogP contribution in [-0.2, 0) is 9.53 Å². The zero-order valence-electron chi connectivity index (χ0n) is 15.4. The summed E-state index contributed by atoms with van der Waals surface area (Å²) in [6.45, 7) is 2.59. The molecule has 0 unspecified atom stereocenters. The highest BCUT2D eigenvalue weighted by Gasteiger charge is 2.24. The van der Waals surface area contributed by atoms with Crippen molar-refractivity contribution < 1.29 is 23.9 Å². The van der Waals surface area contributed by atoms with Crippen LogP contribution in [0.3, 0.4) is 0 Å². The molecule has 0 amide bonds. The Morgan fingerprint density at radius 1 is 1.18 bits per heavy atom. The SMILES string of the molecule is CCCOc1ccc(/C=C2\N=C(c3ccc([N+](=O)[O-])cc3)OC2=O)cc1OC. The molecule has 0 spiro atoms. The molecule has 8 heteroatoms. The first-order chi connectivity index (χ1) is 13.5. The van der Waals surface area contributed by atoms with E-state index in [1.54, 1.807) is 31.4 Å². The average Bonchev–Trinajstić information content (AvgIpc) is 3.07. The van der Waals surface area contributed by atoms with Crippen LogP contribution in [0, 0.1) is 10.1 Å². The fourth-order valence-electron chi connectivity index (χ4n) is 2.52. The summed E-state index contributed by atoms with van der Waals surface area (Å²) in [6, 6.07) is 10.9. The highest BCUT2D eigenvalue weighted by molar-refractivity contribution is 6.12. The van der Waals surface area contributed by atoms with E-state index in [4.69, 9.17) is 14.2 Å². The van der Waals surface area contributed by atoms with Gasteiger partial charge in [0.25, 0.3) is 5.69 Å². The third-order valence-corrected chi connectivity index (χ3v) is 3.90. The number of aliphatic imine (C=N–C) groups is 1. The number of nitro groups is 1. The summed E-state index contributed by atoms with van der Waals surface area (Å²) in [7, 11) is 1.54. The van der Waals surface area contributed by atoms with Gasteiger partial charge < -0.3 is 14.2 Å². The lowest BCUT2D eigenvalue weighted by Gasteiger charge is -2.10. The largest absolute Gasteiger partial charge is 0.493 e. The van der Waals surface area contributed by atoms with Crippen molar-refractivity contribution in [1.82, 2.24) is 0 Å². The number of methoxy groups -OCH3 is 1. The summed E-state index contributed by atoms with van der Waals surface area (Å²) in [5, 5.41) is 10.7. The van der Waals surface area contributed by atoms with Crippen LogP contribution in [0.25, 0.3) is 6.08 Å². The first-order valence-electron chi connectivity index (χ1n) is 8.60. The van der Waals surface area contributed by atoms with E-state index in [-0.39, 0.29) is 17.3 Å². The van der Waals surface area contributed by atoms with Crippen LogP contribution in [0.1, 0.15) is 24.5 Å². The van der Waals surface area contributed by atoms with E-state index in [9.17, 15) is 14.9 Å². The van der Waals surface area contributed by atoms with E-state index in [0.29, 0.717) is 29.2 Å². The molecule has 1 aliphatic rings. The molecule has 1 heterocycles. The van der Waals surface area contributed by atoms with Crippen LogP contribution in [0.2, 0.25) is 0 Å². The molecule has 8 nitrogen and oxygen atoms in total. The highest BCUT2D eigenvalue weighted by atomic mass is 16.6. The molecule has 0 saturated heterocycles. The Morgan fingerprint density at radius 2 is 1.93 bits per heavy atom. The lowest BCUT2D eigenvalue weighted by molar-refractivity contribution is -0.384. The number of nitrogens with zero attached hydrogens (tertiary/aromatic N) is 2. The number of ether oxygens (including phenoxy) is 3. The molecule has 2 aromatic rings. The molecule has 1 aliphatic heterocycles. The molecule has 3 rings (SSSR count). The van der Waals surface area contributed by atoms with Crippen LogP contribution >= 0.6 is 0 Å². The second-order valence-corrected chi connectivity index (χ2v) is 5.90. The Labute approximate surface area is 161 Å². The maximum Gasteiger partial charge on any atom is 0.363 e. The number of hydrogen-bond acceptors (Lipinski definition) is 7. The Morgan fingerprint density at radius 3 is 2.57 bits per heavy atom. The van der Waals surface area contributed by atoms with Gasteiger partial charge in [-0.1, -0.05) is 13.0 Å². The van der Waals surface area contributed by atoms with Gasteiger partial charge in [-0.2, -0.15) is 0 Å². The van der Waals surface area contributed by atoms with Gasteiger partial charge in [-0.3, -0.25) is 10.1 Å². The lowest BCUT2D eigenvalue weighted by atomic mass is 10.1. The number of carbonyl (C=O) groups is 1. The van der Waals surface area contributed by atoms with Crippen LogP contribution in [0.5, 0.6) is 11.5 Å². The molecule has 0 aromatic heterocycles. The van der Waals surface area contributed by atoms with Crippen LogP contribution < -0.4 is 9.47 Å². The standard InChI is InChI=1S/C20H18N2O6/c1-3-10-27-17-9-4-13(12-18(17)26-2)11-16-20(23)28-19(21-16)14-5-7-15(8-6-14)22(24)25/h4-9,11-12H,3,10H2,1-2H3/b16-11-. The third kappa shape index (κ3) is 4.17. The topological polar surface area (TPSA) is 100 Å². The smallest absolute Gasteiger partial charge is 0.363 e. The number of carbonyl (C=O) groups excluding carboxylic acids is 1. The van der Waals surface area contributed by atoms with Crippen molar-refractivity contribution in [2.75, 3.05) is 13.7 Å². The molecule has 28 heavy (non-hydrogen) atoms. The molecule has 2 aromatic carbocycles. The highest BCUT2D eigenvalue weighted by Crippen LogP contribution is 2.30. The number of benzene rings is 2. The van der Waals surface area contributed by atoms with Crippen LogP contribution in [0.4, 0.5) is 5.69 Å². The van der Waals surface area contributed by atoms with Crippen molar-refractivity contribution in [3.05, 3.63) is 69.4 Å². The lowest BCUT2D eigenvalue weighted by Crippen LogP contribution is -2.05. The van der Waals surface area contributed by atoms with Crippen molar-refractivity contribution in [3.8, 4) is 11.5 Å². The molecule has 0 aliphatic carbocycles. The van der Waals surface area contributed by atoms with Gasteiger partial charge in [0.05, 0.1) is 18.6 Å². The van der Waals surface area contributed by atoms with Crippen molar-refractivity contribution >= 4 is 23.6 Å². The van der Waals surface area contributed by atoms with Crippen molar-refractivity contribution in [2.24, 2.45) is 4.99 Å². The molecule has 0 saturated carbocycles. The van der Waals surface area contributed by atoms with Crippen molar-refractivity contribution in [1.29, 1.82) is 0 Å². The van der Waals surface area contributed by atoms with Crippen molar-refractivity contribution in [2.45, 2.75) is 13.3 Å². The van der Waals surface area contributed by atoms with Gasteiger partial charge in [-0.25, -0.2) is 9.79 Å². The molecule has 0 fully saturated rings. The minimum absolute atomic E-state index is 0.0538. The van der Waals surface area contributed by atoms with Crippen LogP contribution in [-0.4, -0.2) is 30.5 Å². The summed E-state index contributed by atoms with van der Waals surface area (Å²) < 4.78 is 16.1. The summed E-state index contributed by atoms with van der Waals surface area (Å²) in [5.41, 5.74) is 1.24. The van der Waals surface area contributed by atoms with E-state index in [1.165, 1.54) is 24.3 Å². The summed E-state index contributed by atoms with van der Waals surface area (Å²) in [6.07, 6.45) is 2.45. The fourth-order valence-corrected chi connectivity index (χ4v) is 2.52. The van der Waals surface area contributed by atoms with Gasteiger partial charge in [-0.05, 0) is 42.3 Å². The fraction of sp³-hybridized carbons (Fsp3) is 0.200. The molecule has 0 radical (unpaired) electrons. The molecule has 0 atom stereocenters. The van der Waals surface area contributed by atoms with E-state index in [0.717, 1.165) is 6.42 Å². The predicted molar refractivity (Wildman–Crippen MR) is 102 cm³/mol. The Balaban J connectivity index is 1.85. The maximum absolute atomic E-state index is 12.1. The van der Waals surface area contributed by atoms with E-state index >= 15 is 0 Å². The normalized spacial score (nSPS) is 14.6. The number of esters is 1. The minimum Gasteiger partial charge on any atom is -0.493 e. The van der Waals surface area contributed by atoms with Crippen LogP contribution in [0.15, 0.2) is 53.2 Å². The quantitative estimate of drug-likeness (QED) is 0.313. The third-order valence-electron chi connectivity index (χ3n) is 3.90. The van der Waals surface area contributed by atoms with Gasteiger partial charge in [0.2, 0.25) is 5.90 Å². The van der Waals surface area contributed by atoms with Gasteiger partial charge in [-0.15, -0.1) is 0 Å². The van der Waals surface area contributed by atoms with E-state index in [2.05, 4.69) is 4.99 Å². The van der Waals surface area contributed by atoms with E-state index in [1.807, 2.05) is 6.92 Å². The van der Waals surface area contributed by atoms with Gasteiger partial charge in [0.15, 0.2) is 17.2 Å². The summed E-state index contributed by atoms with van der Waals surface area (Å²) in [4.78, 5) is 26.6. The molecular formula is C20H18N2O6. The zero-order valence-corrected chi connectivity index (χ0v) is 15.4. The molecule has 144 valence electrons. The first kappa shape index (κ1) is 19.1. The Kier molecular flexibility index (Phi) is 5.69. The molecule has 0 bridgehead atoms. The first-order valence-corrected chi connectivity index (χ1v) is 8.60. The van der Waals surface area contributed by atoms with Crippen molar-refractivity contribution in [3.63, 3.8) is 0 Å². The number of nitro benzene ring substituents is 1. The summed E-state index contributed by atoms with van der Waals surface area (Å²) >= 11 is 0. The van der Waals surface area contributed by atoms with Gasteiger partial charge in [0.1, 0.15) is 0 Å². The average molecular weight is 382 g/mol. The van der Waals surface area contributed by atoms with E-state index < -0.39 is 10.9 Å². The molecule has 0 N–H and O–H groups in total. The summed E-state index contributed by atoms with van der Waals surface area (Å²) in [5.74, 6) is 0.670. The predicted octanol–water partition coefficient (Wildman–Crippen LogP) is 3.74. The minimum atomic E-state index is -0.598.